The summed E-state index contributed by atoms with van der Waals surface area (Å²) in [4.78, 5) is 13.5. The number of rotatable bonds is 13. The van der Waals surface area contributed by atoms with E-state index in [0.717, 1.165) is 36.3 Å². The molecule has 0 amide bonds. The number of fused-ring (bicyclic) bond motifs is 1. The van der Waals surface area contributed by atoms with Gasteiger partial charge in [-0.2, -0.15) is 18.3 Å². The van der Waals surface area contributed by atoms with E-state index >= 15 is 0 Å². The van der Waals surface area contributed by atoms with Crippen LogP contribution in [-0.4, -0.2) is 84.5 Å². The maximum atomic E-state index is 13.3. The second kappa shape index (κ2) is 16.5. The van der Waals surface area contributed by atoms with Crippen molar-refractivity contribution in [2.75, 3.05) is 51.9 Å². The first-order valence-corrected chi connectivity index (χ1v) is 15.2. The Labute approximate surface area is 254 Å². The Morgan fingerprint density at radius 1 is 1.23 bits per heavy atom. The molecule has 0 aliphatic carbocycles. The number of hydrogen-bond donors (Lipinski definition) is 3. The van der Waals surface area contributed by atoms with Gasteiger partial charge in [-0.25, -0.2) is 4.79 Å². The highest BCUT2D eigenvalue weighted by Crippen LogP contribution is 2.39. The topological polar surface area (TPSA) is 115 Å². The van der Waals surface area contributed by atoms with E-state index in [1.54, 1.807) is 12.1 Å². The molecule has 3 heterocycles. The van der Waals surface area contributed by atoms with Gasteiger partial charge in [0.15, 0.2) is 0 Å². The van der Waals surface area contributed by atoms with Crippen molar-refractivity contribution in [3.05, 3.63) is 46.6 Å². The second-order valence-corrected chi connectivity index (χ2v) is 11.0. The third-order valence-electron chi connectivity index (χ3n) is 7.01. The highest BCUT2D eigenvalue weighted by molar-refractivity contribution is 7.20. The van der Waals surface area contributed by atoms with Gasteiger partial charge in [0.2, 0.25) is 0 Å². The van der Waals surface area contributed by atoms with Crippen LogP contribution in [0.25, 0.3) is 10.1 Å². The Bertz CT molecular complexity index is 1380. The summed E-state index contributed by atoms with van der Waals surface area (Å²) in [6.07, 6.45) is -0.923. The summed E-state index contributed by atoms with van der Waals surface area (Å²) in [5.41, 5.74) is 6.48. The molecule has 9 nitrogen and oxygen atoms in total. The van der Waals surface area contributed by atoms with Crippen molar-refractivity contribution in [1.29, 1.82) is 0 Å². The number of piperidine rings is 1. The summed E-state index contributed by atoms with van der Waals surface area (Å²) >= 11 is 1.24. The van der Waals surface area contributed by atoms with E-state index in [9.17, 15) is 18.0 Å². The van der Waals surface area contributed by atoms with Crippen LogP contribution in [-0.2, 0) is 22.4 Å². The molecule has 1 aromatic carbocycles. The van der Waals surface area contributed by atoms with Crippen molar-refractivity contribution in [1.82, 2.24) is 14.7 Å². The zero-order chi connectivity index (χ0) is 31.4. The molecule has 2 unspecified atom stereocenters. The number of halogens is 3. The molecule has 0 spiro atoms. The number of nitrogens with zero attached hydrogens (tertiary/aromatic N) is 3. The van der Waals surface area contributed by atoms with Crippen LogP contribution >= 0.6 is 11.3 Å². The summed E-state index contributed by atoms with van der Waals surface area (Å²) < 4.78 is 53.6. The molecule has 3 aromatic rings. The number of benzene rings is 1. The molecule has 4 N–H and O–H groups in total. The number of alkyl halides is 3. The number of aromatic carboxylic acids is 1. The van der Waals surface area contributed by atoms with Gasteiger partial charge < -0.3 is 30.5 Å². The molecule has 1 fully saturated rings. The minimum absolute atomic E-state index is 0.137. The predicted molar refractivity (Wildman–Crippen MR) is 162 cm³/mol. The quantitative estimate of drug-likeness (QED) is 0.138. The Balaban J connectivity index is 0.00000248. The lowest BCUT2D eigenvalue weighted by atomic mass is 9.89. The fraction of sp³-hybridized carbons (Fsp3) is 0.533. The SMILES string of the molecule is CC.CN1CCC(Nc2cccc3c(CC(F)(F)F)c(C#CN)sc23)C(CCOCCOCCn2cc(C(=O)O)cn2)C1. The van der Waals surface area contributed by atoms with Crippen LogP contribution in [0.15, 0.2) is 30.6 Å². The normalized spacial score (nSPS) is 17.2. The largest absolute Gasteiger partial charge is 0.478 e. The minimum Gasteiger partial charge on any atom is -0.478 e. The summed E-state index contributed by atoms with van der Waals surface area (Å²) in [5, 5.41) is 17.1. The van der Waals surface area contributed by atoms with E-state index < -0.39 is 18.6 Å². The number of carboxylic acids is 1. The van der Waals surface area contributed by atoms with Gasteiger partial charge in [-0.15, -0.1) is 11.3 Å². The molecule has 0 radical (unpaired) electrons. The average molecular weight is 624 g/mol. The van der Waals surface area contributed by atoms with Crippen LogP contribution in [0.4, 0.5) is 18.9 Å². The average Bonchev–Trinajstić information content (AvgIpc) is 3.58. The van der Waals surface area contributed by atoms with E-state index in [2.05, 4.69) is 34.3 Å². The maximum absolute atomic E-state index is 13.3. The van der Waals surface area contributed by atoms with Gasteiger partial charge in [-0.05, 0) is 55.3 Å². The molecule has 2 atom stereocenters. The Morgan fingerprint density at radius 2 is 1.98 bits per heavy atom. The van der Waals surface area contributed by atoms with Gasteiger partial charge in [0.05, 0.1) is 59.8 Å². The van der Waals surface area contributed by atoms with E-state index in [1.807, 2.05) is 19.9 Å². The highest BCUT2D eigenvalue weighted by Gasteiger charge is 2.32. The van der Waals surface area contributed by atoms with Crippen molar-refractivity contribution in [2.24, 2.45) is 11.7 Å². The maximum Gasteiger partial charge on any atom is 0.393 e. The zero-order valence-electron chi connectivity index (χ0n) is 24.7. The van der Waals surface area contributed by atoms with E-state index in [-0.39, 0.29) is 23.1 Å². The molecule has 0 bridgehead atoms. The molecule has 0 saturated carbocycles. The van der Waals surface area contributed by atoms with Crippen LogP contribution in [0.1, 0.15) is 47.5 Å². The molecule has 43 heavy (non-hydrogen) atoms. The zero-order valence-corrected chi connectivity index (χ0v) is 25.6. The number of anilines is 1. The van der Waals surface area contributed by atoms with Crippen LogP contribution in [0.5, 0.6) is 0 Å². The lowest BCUT2D eigenvalue weighted by Gasteiger charge is -2.38. The lowest BCUT2D eigenvalue weighted by Crippen LogP contribution is -2.45. The van der Waals surface area contributed by atoms with Crippen molar-refractivity contribution in [3.63, 3.8) is 0 Å². The molecule has 236 valence electrons. The smallest absolute Gasteiger partial charge is 0.393 e. The number of likely N-dealkylation sites (tertiary alicyclic amines) is 1. The van der Waals surface area contributed by atoms with E-state index in [4.69, 9.17) is 20.3 Å². The Kier molecular flexibility index (Phi) is 13.1. The predicted octanol–water partition coefficient (Wildman–Crippen LogP) is 5.05. The summed E-state index contributed by atoms with van der Waals surface area (Å²) in [6, 6.07) is 7.80. The fourth-order valence-electron chi connectivity index (χ4n) is 5.03. The van der Waals surface area contributed by atoms with Gasteiger partial charge >= 0.3 is 12.1 Å². The number of ether oxygens (including phenoxy) is 2. The van der Waals surface area contributed by atoms with Crippen molar-refractivity contribution >= 4 is 33.1 Å². The van der Waals surface area contributed by atoms with Crippen molar-refractivity contribution in [2.45, 2.75) is 51.9 Å². The lowest BCUT2D eigenvalue weighted by molar-refractivity contribution is -0.126. The van der Waals surface area contributed by atoms with Crippen LogP contribution in [0, 0.1) is 17.9 Å². The van der Waals surface area contributed by atoms with Gasteiger partial charge in [0.1, 0.15) is 0 Å². The second-order valence-electron chi connectivity index (χ2n) is 10.0. The van der Waals surface area contributed by atoms with Crippen LogP contribution < -0.4 is 11.1 Å². The molecule has 4 rings (SSSR count). The number of thiophene rings is 1. The third kappa shape index (κ3) is 10.1. The number of carbonyl (C=O) groups is 1. The van der Waals surface area contributed by atoms with Gasteiger partial charge in [-0.3, -0.25) is 4.68 Å². The highest BCUT2D eigenvalue weighted by atomic mass is 32.1. The van der Waals surface area contributed by atoms with Gasteiger partial charge in [0, 0.05) is 31.4 Å². The first kappa shape index (κ1) is 34.2. The third-order valence-corrected chi connectivity index (χ3v) is 8.21. The molecular formula is C30H40F3N5O4S. The number of nitrogens with one attached hydrogen (secondary N) is 1. The summed E-state index contributed by atoms with van der Waals surface area (Å²) in [5.74, 6) is 1.93. The molecule has 1 aliphatic heterocycles. The Morgan fingerprint density at radius 3 is 2.65 bits per heavy atom. The number of hydrogen-bond acceptors (Lipinski definition) is 8. The van der Waals surface area contributed by atoms with Gasteiger partial charge in [-0.1, -0.05) is 26.0 Å². The van der Waals surface area contributed by atoms with E-state index in [1.165, 1.54) is 28.4 Å². The summed E-state index contributed by atoms with van der Waals surface area (Å²) in [6.45, 7) is 8.02. The monoisotopic (exact) mass is 623 g/mol. The molecular weight excluding hydrogens is 583 g/mol. The Hall–Kier alpha value is -3.31. The summed E-state index contributed by atoms with van der Waals surface area (Å²) in [7, 11) is 2.08. The van der Waals surface area contributed by atoms with Crippen LogP contribution in [0.3, 0.4) is 0 Å². The first-order chi connectivity index (χ1) is 20.6. The molecule has 13 heteroatoms. The van der Waals surface area contributed by atoms with Crippen molar-refractivity contribution in [3.8, 4) is 12.0 Å². The number of carboxylic acid groups (broad SMARTS) is 1. The van der Waals surface area contributed by atoms with Crippen molar-refractivity contribution < 1.29 is 32.5 Å². The number of aromatic nitrogens is 2. The first-order valence-electron chi connectivity index (χ1n) is 14.3. The molecule has 1 saturated heterocycles. The standard InChI is InChI=1S/C28H34F3N5O4S.C2H6/c1-35-9-6-23(19(17-35)7-11-39-13-14-40-12-10-36-18-20(16-33-36)27(37)38)34-24-4-2-3-21-22(15-28(29,30)31)25(5-8-32)41-26(21)24;1-2/h2-4,16,18-19,23,34H,6-7,9-15,17,32H2,1H3,(H,37,38);1-2H3. The van der Waals surface area contributed by atoms with Gasteiger partial charge in [0.25, 0.3) is 0 Å². The molecule has 1 aliphatic rings. The molecule has 2 aromatic heterocycles. The minimum atomic E-state index is -4.35. The number of nitrogens with two attached hydrogens (primary N) is 1. The van der Waals surface area contributed by atoms with Crippen LogP contribution in [0.2, 0.25) is 0 Å². The van der Waals surface area contributed by atoms with E-state index in [0.29, 0.717) is 43.2 Å². The fourth-order valence-corrected chi connectivity index (χ4v) is 6.19.